The van der Waals surface area contributed by atoms with Crippen LogP contribution in [0.15, 0.2) is 24.3 Å². The number of halogens is 7. The molecule has 1 spiro atoms. The SMILES string of the molecule is CC(C)(C)c1cc2c(c(C(C)(C)C)c1)OP1(OCC(F)(F)F)(Oc3c(cc(C(C)(C)C)cc3C(C)(C)C)C2)Oc2c(Cl)c(Cl)c(Cl)c(Cl)c2O1. The molecule has 0 atom stereocenters. The zero-order chi connectivity index (χ0) is 37.8. The van der Waals surface area contributed by atoms with Crippen molar-refractivity contribution in [3.05, 3.63) is 77.7 Å². The van der Waals surface area contributed by atoms with E-state index in [2.05, 4.69) is 41.5 Å². The molecule has 0 fully saturated rings. The van der Waals surface area contributed by atoms with Gasteiger partial charge in [0.2, 0.25) is 0 Å². The summed E-state index contributed by atoms with van der Waals surface area (Å²) in [5, 5.41) is -0.918. The normalized spacial score (nSPS) is 17.9. The van der Waals surface area contributed by atoms with Crippen LogP contribution in [0, 0.1) is 0 Å². The summed E-state index contributed by atoms with van der Waals surface area (Å²) in [6.07, 6.45) is -4.56. The average Bonchev–Trinajstić information content (AvgIpc) is 3.28. The van der Waals surface area contributed by atoms with E-state index in [4.69, 9.17) is 69.0 Å². The Bertz CT molecular complexity index is 1760. The molecule has 13 heteroatoms. The van der Waals surface area contributed by atoms with E-state index >= 15 is 0 Å². The van der Waals surface area contributed by atoms with E-state index < -0.39 is 31.4 Å². The topological polar surface area (TPSA) is 46.2 Å². The fourth-order valence-corrected chi connectivity index (χ4v) is 9.55. The number of rotatable bonds is 2. The van der Waals surface area contributed by atoms with E-state index in [9.17, 15) is 13.2 Å². The number of hydrogen-bond acceptors (Lipinski definition) is 5. The van der Waals surface area contributed by atoms with Crippen molar-refractivity contribution >= 4 is 54.1 Å². The van der Waals surface area contributed by atoms with Crippen molar-refractivity contribution in [3.8, 4) is 23.0 Å². The predicted molar refractivity (Wildman–Crippen MR) is 198 cm³/mol. The van der Waals surface area contributed by atoms with Crippen LogP contribution in [0.2, 0.25) is 20.1 Å². The van der Waals surface area contributed by atoms with Gasteiger partial charge in [0.15, 0.2) is 0 Å². The van der Waals surface area contributed by atoms with Crippen molar-refractivity contribution in [3.63, 3.8) is 0 Å². The molecule has 2 aliphatic rings. The summed E-state index contributed by atoms with van der Waals surface area (Å²) in [5.74, 6) is -0.234. The van der Waals surface area contributed by atoms with Gasteiger partial charge in [0.05, 0.1) is 0 Å². The van der Waals surface area contributed by atoms with Crippen molar-refractivity contribution in [2.45, 2.75) is 117 Å². The molecule has 3 aromatic carbocycles. The minimum atomic E-state index is -6.06. The molecule has 0 radical (unpaired) electrons. The summed E-state index contributed by atoms with van der Waals surface area (Å²) >= 11 is 26.1. The summed E-state index contributed by atoms with van der Waals surface area (Å²) in [5.41, 5.74) is 2.90. The van der Waals surface area contributed by atoms with Crippen molar-refractivity contribution in [1.82, 2.24) is 0 Å². The fourth-order valence-electron chi connectivity index (χ4n) is 5.79. The number of alkyl halides is 3. The molecule has 0 saturated heterocycles. The maximum absolute atomic E-state index is 14.3. The van der Waals surface area contributed by atoms with Crippen LogP contribution in [0.3, 0.4) is 0 Å². The molecule has 5 nitrogen and oxygen atoms in total. The van der Waals surface area contributed by atoms with Crippen LogP contribution in [0.5, 0.6) is 23.0 Å². The first-order valence-electron chi connectivity index (χ1n) is 16.2. The maximum atomic E-state index is 14.3. The molecule has 0 N–H and O–H groups in total. The van der Waals surface area contributed by atoms with E-state index in [0.29, 0.717) is 28.7 Å². The van der Waals surface area contributed by atoms with Gasteiger partial charge < -0.3 is 0 Å². The zero-order valence-corrected chi connectivity index (χ0v) is 34.3. The molecule has 0 aromatic heterocycles. The second-order valence-electron chi connectivity index (χ2n) is 17.1. The van der Waals surface area contributed by atoms with Gasteiger partial charge in [0, 0.05) is 0 Å². The van der Waals surface area contributed by atoms with E-state index in [1.807, 2.05) is 65.8 Å². The molecule has 2 heterocycles. The van der Waals surface area contributed by atoms with Gasteiger partial charge in [0.1, 0.15) is 0 Å². The van der Waals surface area contributed by atoms with Gasteiger partial charge in [-0.25, -0.2) is 0 Å². The molecule has 3 aromatic rings. The van der Waals surface area contributed by atoms with E-state index in [1.165, 1.54) is 0 Å². The first-order valence-corrected chi connectivity index (χ1v) is 19.5. The van der Waals surface area contributed by atoms with Crippen LogP contribution in [-0.2, 0) is 32.6 Å². The van der Waals surface area contributed by atoms with Crippen molar-refractivity contribution < 1.29 is 35.8 Å². The Labute approximate surface area is 313 Å². The Hall–Kier alpha value is -1.80. The van der Waals surface area contributed by atoms with Crippen LogP contribution in [0.4, 0.5) is 13.2 Å². The molecule has 5 rings (SSSR count). The Morgan fingerprint density at radius 2 is 0.880 bits per heavy atom. The van der Waals surface area contributed by atoms with Crippen LogP contribution in [0.1, 0.15) is 116 Å². The van der Waals surface area contributed by atoms with Crippen LogP contribution >= 0.6 is 54.1 Å². The van der Waals surface area contributed by atoms with Crippen LogP contribution < -0.4 is 18.1 Å². The monoisotopic (exact) mass is 796 g/mol. The number of benzene rings is 3. The van der Waals surface area contributed by atoms with Gasteiger partial charge in [-0.05, 0) is 0 Å². The first kappa shape index (κ1) is 39.4. The van der Waals surface area contributed by atoms with Crippen LogP contribution in [0.25, 0.3) is 0 Å². The minimum absolute atomic E-state index is 0.196. The molecule has 50 heavy (non-hydrogen) atoms. The second kappa shape index (κ2) is 12.1. The summed E-state index contributed by atoms with van der Waals surface area (Å²) in [6.45, 7) is 22.6. The van der Waals surface area contributed by atoms with Gasteiger partial charge >= 0.3 is 315 Å². The van der Waals surface area contributed by atoms with Gasteiger partial charge in [-0.1, -0.05) is 0 Å². The Kier molecular flexibility index (Phi) is 9.55. The van der Waals surface area contributed by atoms with E-state index in [-0.39, 0.29) is 53.9 Å². The third-order valence-electron chi connectivity index (χ3n) is 8.64. The van der Waals surface area contributed by atoms with Crippen molar-refractivity contribution in [1.29, 1.82) is 0 Å². The van der Waals surface area contributed by atoms with Crippen molar-refractivity contribution in [2.24, 2.45) is 0 Å². The molecule has 0 amide bonds. The quantitative estimate of drug-likeness (QED) is 0.147. The number of hydrogen-bond donors (Lipinski definition) is 0. The molecule has 0 saturated carbocycles. The zero-order valence-electron chi connectivity index (χ0n) is 30.4. The summed E-state index contributed by atoms with van der Waals surface area (Å²) in [7, 11) is -6.06. The predicted octanol–water partition coefficient (Wildman–Crippen LogP) is 14.0. The van der Waals surface area contributed by atoms with Crippen LogP contribution in [-0.4, -0.2) is 12.8 Å². The summed E-state index contributed by atoms with van der Waals surface area (Å²) in [4.78, 5) is 0. The van der Waals surface area contributed by atoms with Gasteiger partial charge in [-0.3, -0.25) is 0 Å². The molecule has 2 aliphatic heterocycles. The molecule has 276 valence electrons. The third kappa shape index (κ3) is 7.24. The fraction of sp³-hybridized carbons (Fsp3) is 0.514. The van der Waals surface area contributed by atoms with E-state index in [1.54, 1.807) is 0 Å². The Morgan fingerprint density at radius 1 is 0.540 bits per heavy atom. The summed E-state index contributed by atoms with van der Waals surface area (Å²) in [6, 6.07) is 7.99. The molecule has 0 unspecified atom stereocenters. The van der Waals surface area contributed by atoms with Gasteiger partial charge in [-0.15, -0.1) is 0 Å². The van der Waals surface area contributed by atoms with Crippen molar-refractivity contribution in [2.75, 3.05) is 6.61 Å². The molecule has 0 aliphatic carbocycles. The Morgan fingerprint density at radius 3 is 1.18 bits per heavy atom. The molecular formula is C37H44Cl4F3O5P. The van der Waals surface area contributed by atoms with Gasteiger partial charge in [-0.2, -0.15) is 0 Å². The number of fused-ring (bicyclic) bond motifs is 3. The molecule has 0 bridgehead atoms. The molecular weight excluding hydrogens is 754 g/mol. The Balaban J connectivity index is 2.00. The van der Waals surface area contributed by atoms with Gasteiger partial charge in [0.25, 0.3) is 0 Å². The first-order chi connectivity index (χ1) is 22.4. The van der Waals surface area contributed by atoms with E-state index in [0.717, 1.165) is 11.1 Å². The summed E-state index contributed by atoms with van der Waals surface area (Å²) < 4.78 is 75.3. The third-order valence-corrected chi connectivity index (χ3v) is 12.9. The average molecular weight is 799 g/mol. The standard InChI is InChI=1S/C37H44Cl4F3O5P/c1-33(2,3)21-14-19-13-20-15-22(34(4,5)6)17-24(36(10,11)12)30(20)47-50(45-18-37(42,43)44,46-29(19)23(16-21)35(7,8)9)48-31-27(40)25(38)26(39)28(41)32(31)49-50/h14-17H,13,18H2,1-12H3. The second-order valence-corrected chi connectivity index (χ2v) is 21.1.